The Morgan fingerprint density at radius 1 is 1.32 bits per heavy atom. The van der Waals surface area contributed by atoms with Crippen LogP contribution in [0.15, 0.2) is 47.6 Å². The van der Waals surface area contributed by atoms with Crippen LogP contribution < -0.4 is 10.5 Å². The Labute approximate surface area is 182 Å². The summed E-state index contributed by atoms with van der Waals surface area (Å²) < 4.78 is 23.3. The highest BCUT2D eigenvalue weighted by atomic mass is 32.2. The second-order valence-corrected chi connectivity index (χ2v) is 10.1. The molecule has 0 saturated carbocycles. The lowest BCUT2D eigenvalue weighted by Crippen LogP contribution is -2.41. The van der Waals surface area contributed by atoms with Crippen molar-refractivity contribution < 1.29 is 18.3 Å². The number of pyridine rings is 2. The van der Waals surface area contributed by atoms with E-state index in [2.05, 4.69) is 15.3 Å². The minimum Gasteiger partial charge on any atom is -0.465 e. The van der Waals surface area contributed by atoms with Gasteiger partial charge in [-0.25, -0.2) is 23.3 Å². The van der Waals surface area contributed by atoms with Crippen LogP contribution in [0.5, 0.6) is 0 Å². The highest BCUT2D eigenvalue weighted by Gasteiger charge is 2.41. The number of hydrogen-bond acceptors (Lipinski definition) is 6. The Hall–Kier alpha value is -2.72. The fourth-order valence-corrected chi connectivity index (χ4v) is 4.71. The van der Waals surface area contributed by atoms with E-state index in [1.807, 2.05) is 32.0 Å². The number of carbonyl (C=O) groups is 1. The van der Waals surface area contributed by atoms with Gasteiger partial charge in [-0.2, -0.15) is 0 Å². The monoisotopic (exact) mass is 447 g/mol. The first kappa shape index (κ1) is 23.0. The summed E-state index contributed by atoms with van der Waals surface area (Å²) in [4.78, 5) is 21.6. The van der Waals surface area contributed by atoms with Gasteiger partial charge in [0.15, 0.2) is 5.03 Å². The van der Waals surface area contributed by atoms with Gasteiger partial charge >= 0.3 is 6.09 Å². The van der Waals surface area contributed by atoms with E-state index >= 15 is 0 Å². The summed E-state index contributed by atoms with van der Waals surface area (Å²) in [6.07, 6.45) is 3.85. The smallest absolute Gasteiger partial charge is 0.407 e. The molecule has 10 heteroatoms. The number of sulfonamides is 1. The second-order valence-electron chi connectivity index (χ2n) is 8.63. The van der Waals surface area contributed by atoms with E-state index in [1.54, 1.807) is 18.3 Å². The molecule has 1 aliphatic rings. The molecule has 0 spiro atoms. The lowest BCUT2D eigenvalue weighted by Gasteiger charge is -2.28. The van der Waals surface area contributed by atoms with Crippen molar-refractivity contribution in [2.75, 3.05) is 11.9 Å². The van der Waals surface area contributed by atoms with Crippen molar-refractivity contribution in [2.45, 2.75) is 56.1 Å². The summed E-state index contributed by atoms with van der Waals surface area (Å²) in [6, 6.07) is 10.3. The predicted molar refractivity (Wildman–Crippen MR) is 117 cm³/mol. The van der Waals surface area contributed by atoms with Crippen LogP contribution in [0.1, 0.15) is 38.8 Å². The second kappa shape index (κ2) is 9.19. The Bertz CT molecular complexity index is 1010. The van der Waals surface area contributed by atoms with Crippen molar-refractivity contribution in [3.8, 4) is 0 Å². The maximum Gasteiger partial charge on any atom is 0.407 e. The molecule has 2 aromatic heterocycles. The van der Waals surface area contributed by atoms with Crippen LogP contribution in [-0.2, 0) is 16.4 Å². The van der Waals surface area contributed by atoms with E-state index in [0.717, 1.165) is 25.0 Å². The number of anilines is 1. The molecule has 1 saturated heterocycles. The Balaban J connectivity index is 1.72. The molecular formula is C21H29N5O4S. The van der Waals surface area contributed by atoms with Crippen molar-refractivity contribution in [3.05, 3.63) is 48.3 Å². The van der Waals surface area contributed by atoms with Gasteiger partial charge in [0.05, 0.1) is 0 Å². The number of aromatic nitrogens is 2. The maximum absolute atomic E-state index is 11.6. The molecule has 2 atom stereocenters. The van der Waals surface area contributed by atoms with Gasteiger partial charge in [-0.3, -0.25) is 4.98 Å². The predicted octanol–water partition coefficient (Wildman–Crippen LogP) is 2.71. The number of hydrogen-bond donors (Lipinski definition) is 3. The molecule has 0 aromatic carbocycles. The third-order valence-electron chi connectivity index (χ3n) is 5.66. The molecule has 4 N–H and O–H groups in total. The highest BCUT2D eigenvalue weighted by molar-refractivity contribution is 7.89. The first-order valence-corrected chi connectivity index (χ1v) is 11.8. The lowest BCUT2D eigenvalue weighted by atomic mass is 9.91. The summed E-state index contributed by atoms with van der Waals surface area (Å²) in [6.45, 7) is 4.42. The summed E-state index contributed by atoms with van der Waals surface area (Å²) >= 11 is 0. The Morgan fingerprint density at radius 3 is 2.71 bits per heavy atom. The molecule has 1 unspecified atom stereocenters. The van der Waals surface area contributed by atoms with Gasteiger partial charge in [0.1, 0.15) is 5.82 Å². The molecule has 1 aliphatic heterocycles. The quantitative estimate of drug-likeness (QED) is 0.565. The van der Waals surface area contributed by atoms with Gasteiger partial charge < -0.3 is 15.3 Å². The highest BCUT2D eigenvalue weighted by Crippen LogP contribution is 2.35. The van der Waals surface area contributed by atoms with E-state index in [1.165, 1.54) is 11.0 Å². The van der Waals surface area contributed by atoms with Crippen molar-refractivity contribution >= 4 is 21.9 Å². The van der Waals surface area contributed by atoms with Gasteiger partial charge in [0.2, 0.25) is 0 Å². The fourth-order valence-electron chi connectivity index (χ4n) is 4.21. The van der Waals surface area contributed by atoms with E-state index in [4.69, 9.17) is 5.14 Å². The summed E-state index contributed by atoms with van der Waals surface area (Å²) in [5, 5.41) is 17.8. The number of likely N-dealkylation sites (tertiary alicyclic amines) is 1. The number of nitrogens with two attached hydrogens (primary N) is 1. The molecule has 0 bridgehead atoms. The first-order chi connectivity index (χ1) is 14.5. The molecule has 3 rings (SSSR count). The van der Waals surface area contributed by atoms with Crippen LogP contribution in [0.2, 0.25) is 0 Å². The average Bonchev–Trinajstić information content (AvgIpc) is 3.01. The summed E-state index contributed by atoms with van der Waals surface area (Å²) in [5.74, 6) is 0.675. The van der Waals surface area contributed by atoms with Gasteiger partial charge in [0, 0.05) is 36.4 Å². The zero-order valence-corrected chi connectivity index (χ0v) is 18.5. The number of carboxylic acid groups (broad SMARTS) is 1. The molecule has 31 heavy (non-hydrogen) atoms. The largest absolute Gasteiger partial charge is 0.465 e. The fraction of sp³-hybridized carbons (Fsp3) is 0.476. The summed E-state index contributed by atoms with van der Waals surface area (Å²) in [7, 11) is -3.90. The topological polar surface area (TPSA) is 139 Å². The van der Waals surface area contributed by atoms with Crippen molar-refractivity contribution in [1.82, 2.24) is 14.9 Å². The number of rotatable bonds is 8. The molecule has 2 aromatic rings. The third-order valence-corrected chi connectivity index (χ3v) is 6.47. The molecule has 168 valence electrons. The molecular weight excluding hydrogens is 418 g/mol. The van der Waals surface area contributed by atoms with Crippen LogP contribution in [0.3, 0.4) is 0 Å². The van der Waals surface area contributed by atoms with Gasteiger partial charge in [-0.05, 0) is 63.3 Å². The van der Waals surface area contributed by atoms with Crippen LogP contribution in [-0.4, -0.2) is 52.6 Å². The van der Waals surface area contributed by atoms with Gasteiger partial charge in [0.25, 0.3) is 10.0 Å². The molecule has 1 fully saturated rings. The minimum atomic E-state index is -3.90. The average molecular weight is 448 g/mol. The van der Waals surface area contributed by atoms with E-state index in [-0.39, 0.29) is 22.5 Å². The van der Waals surface area contributed by atoms with E-state index < -0.39 is 16.1 Å². The van der Waals surface area contributed by atoms with Gasteiger partial charge in [-0.1, -0.05) is 12.1 Å². The Morgan fingerprint density at radius 2 is 2.10 bits per heavy atom. The maximum atomic E-state index is 11.6. The van der Waals surface area contributed by atoms with Crippen molar-refractivity contribution in [2.24, 2.45) is 11.1 Å². The summed E-state index contributed by atoms with van der Waals surface area (Å²) in [5.41, 5.74) is 0.521. The number of nitrogens with one attached hydrogen (secondary N) is 1. The number of nitrogens with zero attached hydrogens (tertiary/aromatic N) is 3. The van der Waals surface area contributed by atoms with E-state index in [9.17, 15) is 18.3 Å². The van der Waals surface area contributed by atoms with Gasteiger partial charge in [-0.15, -0.1) is 0 Å². The molecule has 3 heterocycles. The first-order valence-electron chi connectivity index (χ1n) is 10.2. The third kappa shape index (κ3) is 6.14. The number of amides is 1. The Kier molecular flexibility index (Phi) is 6.80. The zero-order valence-electron chi connectivity index (χ0n) is 17.7. The van der Waals surface area contributed by atoms with Crippen molar-refractivity contribution in [1.29, 1.82) is 0 Å². The SMILES string of the molecule is CC1(C)C[C@H](CCC(Cc2ccccn2)Nc2cccc(S(N)(=O)=O)n2)CN1C(=O)O. The molecule has 9 nitrogen and oxygen atoms in total. The molecule has 0 radical (unpaired) electrons. The minimum absolute atomic E-state index is 0.0554. The zero-order chi connectivity index (χ0) is 22.6. The number of primary sulfonamides is 1. The van der Waals surface area contributed by atoms with Crippen LogP contribution in [0, 0.1) is 5.92 Å². The normalized spacial score (nSPS) is 19.2. The van der Waals surface area contributed by atoms with Crippen LogP contribution in [0.25, 0.3) is 0 Å². The lowest BCUT2D eigenvalue weighted by molar-refractivity contribution is 0.117. The van der Waals surface area contributed by atoms with E-state index in [0.29, 0.717) is 18.8 Å². The standard InChI is InChI=1S/C21H29N5O4S/c1-21(2)13-15(14-26(21)20(27)28)9-10-17(12-16-6-3-4-11-23-16)24-18-7-5-8-19(25-18)31(22,29)30/h3-8,11,15,17H,9-10,12-14H2,1-2H3,(H,24,25)(H,27,28)(H2,22,29,30)/t15-,17?/m0/s1. The van der Waals surface area contributed by atoms with Crippen LogP contribution >= 0.6 is 0 Å². The van der Waals surface area contributed by atoms with Crippen molar-refractivity contribution in [3.63, 3.8) is 0 Å². The van der Waals surface area contributed by atoms with Crippen LogP contribution in [0.4, 0.5) is 10.6 Å². The molecule has 1 amide bonds. The molecule has 0 aliphatic carbocycles.